The fourth-order valence-corrected chi connectivity index (χ4v) is 2.40. The van der Waals surface area contributed by atoms with Gasteiger partial charge < -0.3 is 0 Å². The first-order chi connectivity index (χ1) is 5.29. The van der Waals surface area contributed by atoms with Crippen LogP contribution in [0.25, 0.3) is 0 Å². The summed E-state index contributed by atoms with van der Waals surface area (Å²) in [6, 6.07) is 0. The van der Waals surface area contributed by atoms with Crippen LogP contribution in [0.5, 0.6) is 0 Å². The van der Waals surface area contributed by atoms with Gasteiger partial charge in [-0.1, -0.05) is 18.9 Å². The predicted molar refractivity (Wildman–Crippen MR) is 44.4 cm³/mol. The van der Waals surface area contributed by atoms with E-state index in [9.17, 15) is 4.79 Å². The van der Waals surface area contributed by atoms with E-state index in [0.717, 1.165) is 5.57 Å². The van der Waals surface area contributed by atoms with Crippen LogP contribution in [-0.4, -0.2) is 5.24 Å². The van der Waals surface area contributed by atoms with Crippen molar-refractivity contribution in [3.8, 4) is 0 Å². The van der Waals surface area contributed by atoms with E-state index in [0.29, 0.717) is 11.8 Å². The molecule has 0 spiro atoms. The van der Waals surface area contributed by atoms with Crippen LogP contribution >= 0.6 is 11.6 Å². The highest BCUT2D eigenvalue weighted by molar-refractivity contribution is 6.67. The second-order valence-corrected chi connectivity index (χ2v) is 3.79. The molecule has 1 nitrogen and oxygen atoms in total. The second kappa shape index (κ2) is 2.63. The molecule has 60 valence electrons. The fourth-order valence-electron chi connectivity index (χ4n) is 2.19. The maximum absolute atomic E-state index is 10.8. The first kappa shape index (κ1) is 7.35. The van der Waals surface area contributed by atoms with Crippen molar-refractivity contribution in [3.63, 3.8) is 0 Å². The molecule has 0 aromatic rings. The van der Waals surface area contributed by atoms with Crippen LogP contribution in [0.3, 0.4) is 0 Å². The lowest BCUT2D eigenvalue weighted by Gasteiger charge is -2.38. The van der Waals surface area contributed by atoms with Gasteiger partial charge in [0.05, 0.1) is 0 Å². The molecule has 0 saturated heterocycles. The minimum Gasteiger partial charge on any atom is -0.276 e. The molecule has 0 amide bonds. The lowest BCUT2D eigenvalue weighted by atomic mass is 9.67. The van der Waals surface area contributed by atoms with Crippen molar-refractivity contribution in [2.45, 2.75) is 25.7 Å². The highest BCUT2D eigenvalue weighted by atomic mass is 35.5. The molecule has 2 aliphatic rings. The summed E-state index contributed by atoms with van der Waals surface area (Å²) in [5.74, 6) is 1.20. The summed E-state index contributed by atoms with van der Waals surface area (Å²) < 4.78 is 0. The Morgan fingerprint density at radius 3 is 2.82 bits per heavy atom. The van der Waals surface area contributed by atoms with Gasteiger partial charge in [-0.25, -0.2) is 0 Å². The smallest absolute Gasteiger partial charge is 0.248 e. The Hall–Kier alpha value is -0.300. The van der Waals surface area contributed by atoms with Gasteiger partial charge in [-0.05, 0) is 36.3 Å². The van der Waals surface area contributed by atoms with E-state index in [1.165, 1.54) is 25.7 Å². The Kier molecular flexibility index (Phi) is 1.76. The topological polar surface area (TPSA) is 17.1 Å². The highest BCUT2D eigenvalue weighted by Crippen LogP contribution is 2.44. The van der Waals surface area contributed by atoms with Crippen molar-refractivity contribution in [2.24, 2.45) is 11.8 Å². The zero-order valence-electron chi connectivity index (χ0n) is 6.35. The van der Waals surface area contributed by atoms with E-state index in [2.05, 4.69) is 6.08 Å². The Bertz CT molecular complexity index is 220. The Morgan fingerprint density at radius 2 is 2.18 bits per heavy atom. The third kappa shape index (κ3) is 1.12. The molecule has 0 aliphatic heterocycles. The molecule has 2 unspecified atom stereocenters. The summed E-state index contributed by atoms with van der Waals surface area (Å²) in [6.07, 6.45) is 7.08. The van der Waals surface area contributed by atoms with E-state index < -0.39 is 0 Å². The summed E-state index contributed by atoms with van der Waals surface area (Å²) in [7, 11) is 0. The molecule has 11 heavy (non-hydrogen) atoms. The summed E-state index contributed by atoms with van der Waals surface area (Å²) in [5, 5.41) is -0.229. The molecule has 0 radical (unpaired) electrons. The molecule has 2 atom stereocenters. The van der Waals surface area contributed by atoms with Crippen LogP contribution in [0.1, 0.15) is 25.7 Å². The van der Waals surface area contributed by atoms with E-state index in [1.54, 1.807) is 0 Å². The molecule has 1 fully saturated rings. The van der Waals surface area contributed by atoms with E-state index in [1.807, 2.05) is 0 Å². The van der Waals surface area contributed by atoms with Crippen molar-refractivity contribution in [1.82, 2.24) is 0 Å². The van der Waals surface area contributed by atoms with Crippen LogP contribution in [0.4, 0.5) is 0 Å². The molecular formula is C9H11ClO. The van der Waals surface area contributed by atoms with Gasteiger partial charge in [-0.15, -0.1) is 0 Å². The third-order valence-corrected chi connectivity index (χ3v) is 3.06. The molecule has 0 aromatic heterocycles. The average molecular weight is 171 g/mol. The summed E-state index contributed by atoms with van der Waals surface area (Å²) in [6.45, 7) is 0. The van der Waals surface area contributed by atoms with Crippen molar-refractivity contribution >= 4 is 16.8 Å². The molecule has 1 saturated carbocycles. The molecule has 0 bridgehead atoms. The zero-order valence-corrected chi connectivity index (χ0v) is 7.10. The molecule has 2 heteroatoms. The molecule has 2 aliphatic carbocycles. The predicted octanol–water partition coefficient (Wildman–Crippen LogP) is 2.50. The van der Waals surface area contributed by atoms with E-state index in [-0.39, 0.29) is 5.24 Å². The van der Waals surface area contributed by atoms with Crippen LogP contribution in [0.15, 0.2) is 11.6 Å². The van der Waals surface area contributed by atoms with Gasteiger partial charge in [0.1, 0.15) is 0 Å². The number of allylic oxidation sites excluding steroid dienone is 2. The molecular weight excluding hydrogens is 160 g/mol. The number of halogens is 1. The lowest BCUT2D eigenvalue weighted by molar-refractivity contribution is -0.109. The minimum atomic E-state index is -0.229. The van der Waals surface area contributed by atoms with Gasteiger partial charge in [-0.2, -0.15) is 0 Å². The molecule has 0 heterocycles. The van der Waals surface area contributed by atoms with Gasteiger partial charge in [-0.3, -0.25) is 4.79 Å². The van der Waals surface area contributed by atoms with E-state index >= 15 is 0 Å². The van der Waals surface area contributed by atoms with Gasteiger partial charge in [0, 0.05) is 5.57 Å². The first-order valence-electron chi connectivity index (χ1n) is 4.20. The average Bonchev–Trinajstić information content (AvgIpc) is 1.90. The number of carbonyl (C=O) groups is 1. The maximum atomic E-state index is 10.8. The normalized spacial score (nSPS) is 35.2. The number of hydrogen-bond donors (Lipinski definition) is 0. The molecule has 2 rings (SSSR count). The second-order valence-electron chi connectivity index (χ2n) is 3.45. The van der Waals surface area contributed by atoms with Crippen molar-refractivity contribution in [2.75, 3.05) is 0 Å². The first-order valence-corrected chi connectivity index (χ1v) is 4.58. The fraction of sp³-hybridized carbons (Fsp3) is 0.667. The maximum Gasteiger partial charge on any atom is 0.248 e. The standard InChI is InChI=1S/C9H11ClO/c10-9(11)8-5-6-3-1-2-4-7(6)8/h5-7H,1-4H2. The van der Waals surface area contributed by atoms with Gasteiger partial charge in [0.15, 0.2) is 0 Å². The van der Waals surface area contributed by atoms with E-state index in [4.69, 9.17) is 11.6 Å². The summed E-state index contributed by atoms with van der Waals surface area (Å²) in [4.78, 5) is 10.8. The lowest BCUT2D eigenvalue weighted by Crippen LogP contribution is -2.30. The van der Waals surface area contributed by atoms with Crippen LogP contribution in [0.2, 0.25) is 0 Å². The van der Waals surface area contributed by atoms with Crippen LogP contribution in [0, 0.1) is 11.8 Å². The Morgan fingerprint density at radius 1 is 1.45 bits per heavy atom. The minimum absolute atomic E-state index is 0.229. The van der Waals surface area contributed by atoms with Gasteiger partial charge in [0.2, 0.25) is 5.24 Å². The molecule has 0 N–H and O–H groups in total. The molecule has 0 aromatic carbocycles. The van der Waals surface area contributed by atoms with Gasteiger partial charge in [0.25, 0.3) is 0 Å². The van der Waals surface area contributed by atoms with Gasteiger partial charge >= 0.3 is 0 Å². The zero-order chi connectivity index (χ0) is 7.84. The Labute approximate surface area is 71.4 Å². The SMILES string of the molecule is O=C(Cl)C1=CC2CCCCC12. The third-order valence-electron chi connectivity index (χ3n) is 2.84. The number of rotatable bonds is 1. The number of fused-ring (bicyclic) bond motifs is 1. The number of hydrogen-bond acceptors (Lipinski definition) is 1. The Balaban J connectivity index is 2.11. The van der Waals surface area contributed by atoms with Crippen LogP contribution < -0.4 is 0 Å². The van der Waals surface area contributed by atoms with Crippen molar-refractivity contribution in [3.05, 3.63) is 11.6 Å². The van der Waals surface area contributed by atoms with Crippen molar-refractivity contribution < 1.29 is 4.79 Å². The quantitative estimate of drug-likeness (QED) is 0.553. The monoisotopic (exact) mass is 170 g/mol. The number of carbonyl (C=O) groups excluding carboxylic acids is 1. The van der Waals surface area contributed by atoms with Crippen LogP contribution in [-0.2, 0) is 4.79 Å². The summed E-state index contributed by atoms with van der Waals surface area (Å²) >= 11 is 5.39. The largest absolute Gasteiger partial charge is 0.276 e. The highest BCUT2D eigenvalue weighted by Gasteiger charge is 2.36. The van der Waals surface area contributed by atoms with Crippen molar-refractivity contribution in [1.29, 1.82) is 0 Å². The summed E-state index contributed by atoms with van der Waals surface area (Å²) in [5.41, 5.74) is 0.886.